The van der Waals surface area contributed by atoms with Gasteiger partial charge in [-0.05, 0) is 43.4 Å². The van der Waals surface area contributed by atoms with Crippen molar-refractivity contribution in [1.29, 1.82) is 0 Å². The molecule has 0 radical (unpaired) electrons. The summed E-state index contributed by atoms with van der Waals surface area (Å²) >= 11 is 0. The number of benzene rings is 1. The van der Waals surface area contributed by atoms with E-state index in [9.17, 15) is 9.59 Å². The van der Waals surface area contributed by atoms with Crippen LogP contribution in [0.25, 0.3) is 11.0 Å². The number of fused-ring (bicyclic) bond motifs is 1. The maximum absolute atomic E-state index is 12.5. The normalized spacial score (nSPS) is 23.8. The van der Waals surface area contributed by atoms with Gasteiger partial charge >= 0.3 is 5.69 Å². The number of piperidine rings is 1. The lowest BCUT2D eigenvalue weighted by molar-refractivity contribution is -0.121. The summed E-state index contributed by atoms with van der Waals surface area (Å²) in [4.78, 5) is 31.5. The molecule has 1 amide bonds. The van der Waals surface area contributed by atoms with Crippen LogP contribution in [0.2, 0.25) is 0 Å². The van der Waals surface area contributed by atoms with Crippen molar-refractivity contribution < 1.29 is 4.79 Å². The lowest BCUT2D eigenvalue weighted by Gasteiger charge is -2.38. The molecule has 3 N–H and O–H groups in total. The fourth-order valence-electron chi connectivity index (χ4n) is 3.55. The first-order chi connectivity index (χ1) is 10.9. The molecule has 1 aliphatic heterocycles. The summed E-state index contributed by atoms with van der Waals surface area (Å²) in [5.74, 6) is 1.23. The monoisotopic (exact) mass is 316 g/mol. The van der Waals surface area contributed by atoms with Crippen molar-refractivity contribution in [3.8, 4) is 0 Å². The Morgan fingerprint density at radius 2 is 1.87 bits per heavy atom. The summed E-state index contributed by atoms with van der Waals surface area (Å²) < 4.78 is 0. The minimum absolute atomic E-state index is 0.0106. The van der Waals surface area contributed by atoms with Crippen LogP contribution < -0.4 is 11.0 Å². The molecule has 0 bridgehead atoms. The van der Waals surface area contributed by atoms with E-state index in [1.54, 1.807) is 18.2 Å². The van der Waals surface area contributed by atoms with Crippen molar-refractivity contribution in [2.75, 3.05) is 18.4 Å². The van der Waals surface area contributed by atoms with Crippen LogP contribution in [0.5, 0.6) is 0 Å². The van der Waals surface area contributed by atoms with Crippen LogP contribution >= 0.6 is 0 Å². The number of nitrogens with one attached hydrogen (secondary N) is 3. The number of rotatable bonds is 3. The van der Waals surface area contributed by atoms with Gasteiger partial charge in [0.2, 0.25) is 5.91 Å². The highest BCUT2D eigenvalue weighted by Gasteiger charge is 2.28. The van der Waals surface area contributed by atoms with Gasteiger partial charge in [0.25, 0.3) is 0 Å². The van der Waals surface area contributed by atoms with Gasteiger partial charge in [0.15, 0.2) is 0 Å². The predicted octanol–water partition coefficient (Wildman–Crippen LogP) is 2.16. The van der Waals surface area contributed by atoms with E-state index in [0.29, 0.717) is 23.0 Å². The Balaban J connectivity index is 1.70. The van der Waals surface area contributed by atoms with Crippen molar-refractivity contribution >= 4 is 22.6 Å². The molecule has 0 spiro atoms. The topological polar surface area (TPSA) is 81.0 Å². The fourth-order valence-corrected chi connectivity index (χ4v) is 3.55. The number of hydrogen-bond donors (Lipinski definition) is 3. The molecule has 3 unspecified atom stereocenters. The van der Waals surface area contributed by atoms with Gasteiger partial charge in [0, 0.05) is 18.8 Å². The predicted molar refractivity (Wildman–Crippen MR) is 91.5 cm³/mol. The molecular weight excluding hydrogens is 292 g/mol. The minimum Gasteiger partial charge on any atom is -0.325 e. The minimum atomic E-state index is -0.242. The second-order valence-corrected chi connectivity index (χ2v) is 6.90. The first-order valence-electron chi connectivity index (χ1n) is 8.19. The quantitative estimate of drug-likeness (QED) is 0.811. The van der Waals surface area contributed by atoms with E-state index in [0.717, 1.165) is 18.6 Å². The molecule has 0 saturated carbocycles. The number of hydrogen-bond acceptors (Lipinski definition) is 3. The SMILES string of the molecule is CC1CC(C)CN(C(C)C(=O)Nc2ccc3[nH]c(=O)[nH]c3c2)C1. The molecule has 1 fully saturated rings. The van der Waals surface area contributed by atoms with Crippen molar-refractivity contribution in [2.24, 2.45) is 11.8 Å². The molecule has 124 valence electrons. The zero-order valence-electron chi connectivity index (χ0n) is 13.8. The van der Waals surface area contributed by atoms with Gasteiger partial charge in [0.05, 0.1) is 17.1 Å². The number of likely N-dealkylation sites (tertiary alicyclic amines) is 1. The number of H-pyrrole nitrogens is 2. The van der Waals surface area contributed by atoms with E-state index < -0.39 is 0 Å². The number of aromatic nitrogens is 2. The number of carbonyl (C=O) groups is 1. The summed E-state index contributed by atoms with van der Waals surface area (Å²) in [6, 6.07) is 5.21. The van der Waals surface area contributed by atoms with E-state index in [4.69, 9.17) is 0 Å². The molecule has 23 heavy (non-hydrogen) atoms. The molecule has 6 heteroatoms. The lowest BCUT2D eigenvalue weighted by Crippen LogP contribution is -2.48. The zero-order chi connectivity index (χ0) is 16.6. The Hall–Kier alpha value is -2.08. The number of aromatic amines is 2. The smallest absolute Gasteiger partial charge is 0.323 e. The average Bonchev–Trinajstić information content (AvgIpc) is 2.84. The summed E-state index contributed by atoms with van der Waals surface area (Å²) in [6.07, 6.45) is 1.22. The third kappa shape index (κ3) is 3.47. The molecule has 3 atom stereocenters. The molecular formula is C17H24N4O2. The second-order valence-electron chi connectivity index (χ2n) is 6.90. The van der Waals surface area contributed by atoms with Crippen LogP contribution in [-0.2, 0) is 4.79 Å². The number of carbonyl (C=O) groups excluding carboxylic acids is 1. The Kier molecular flexibility index (Phi) is 4.26. The van der Waals surface area contributed by atoms with Crippen molar-refractivity contribution in [3.05, 3.63) is 28.7 Å². The summed E-state index contributed by atoms with van der Waals surface area (Å²) in [5.41, 5.74) is 1.89. The summed E-state index contributed by atoms with van der Waals surface area (Å²) in [7, 11) is 0. The standard InChI is InChI=1S/C17H24N4O2/c1-10-6-11(2)9-21(8-10)12(3)16(22)18-13-4-5-14-15(7-13)20-17(23)19-14/h4-5,7,10-12H,6,8-9H2,1-3H3,(H,18,22)(H2,19,20,23). The first-order valence-corrected chi connectivity index (χ1v) is 8.19. The fraction of sp³-hybridized carbons (Fsp3) is 0.529. The summed E-state index contributed by atoms with van der Waals surface area (Å²) in [5, 5.41) is 2.95. The molecule has 6 nitrogen and oxygen atoms in total. The first kappa shape index (κ1) is 15.8. The molecule has 2 aromatic rings. The van der Waals surface area contributed by atoms with Gasteiger partial charge < -0.3 is 15.3 Å². The molecule has 1 aliphatic rings. The average molecular weight is 316 g/mol. The highest BCUT2D eigenvalue weighted by atomic mass is 16.2. The Morgan fingerprint density at radius 1 is 1.22 bits per heavy atom. The van der Waals surface area contributed by atoms with E-state index in [-0.39, 0.29) is 17.6 Å². The number of imidazole rings is 1. The third-order valence-electron chi connectivity index (χ3n) is 4.61. The van der Waals surface area contributed by atoms with Crippen LogP contribution in [0.3, 0.4) is 0 Å². The van der Waals surface area contributed by atoms with Crippen LogP contribution in [0.4, 0.5) is 5.69 Å². The van der Waals surface area contributed by atoms with Gasteiger partial charge in [0.1, 0.15) is 0 Å². The number of nitrogens with zero attached hydrogens (tertiary/aromatic N) is 1. The molecule has 1 aromatic heterocycles. The maximum Gasteiger partial charge on any atom is 0.323 e. The van der Waals surface area contributed by atoms with Crippen LogP contribution in [0.15, 0.2) is 23.0 Å². The molecule has 1 aromatic carbocycles. The largest absolute Gasteiger partial charge is 0.325 e. The maximum atomic E-state index is 12.5. The van der Waals surface area contributed by atoms with Crippen molar-refractivity contribution in [1.82, 2.24) is 14.9 Å². The van der Waals surface area contributed by atoms with Gasteiger partial charge in [-0.1, -0.05) is 13.8 Å². The van der Waals surface area contributed by atoms with Crippen LogP contribution in [-0.4, -0.2) is 39.9 Å². The van der Waals surface area contributed by atoms with Gasteiger partial charge in [-0.25, -0.2) is 4.79 Å². The van der Waals surface area contributed by atoms with Crippen molar-refractivity contribution in [3.63, 3.8) is 0 Å². The third-order valence-corrected chi connectivity index (χ3v) is 4.61. The molecule has 3 rings (SSSR count). The van der Waals surface area contributed by atoms with E-state index >= 15 is 0 Å². The second kappa shape index (κ2) is 6.20. The zero-order valence-corrected chi connectivity index (χ0v) is 13.8. The Bertz CT molecular complexity index is 753. The molecule has 1 saturated heterocycles. The van der Waals surface area contributed by atoms with Gasteiger partial charge in [-0.3, -0.25) is 9.69 Å². The van der Waals surface area contributed by atoms with Gasteiger partial charge in [-0.2, -0.15) is 0 Å². The van der Waals surface area contributed by atoms with Crippen molar-refractivity contribution in [2.45, 2.75) is 33.2 Å². The lowest BCUT2D eigenvalue weighted by atomic mass is 9.91. The molecule has 2 heterocycles. The van der Waals surface area contributed by atoms with E-state index in [2.05, 4.69) is 34.0 Å². The molecule has 0 aliphatic carbocycles. The van der Waals surface area contributed by atoms with Gasteiger partial charge in [-0.15, -0.1) is 0 Å². The highest BCUT2D eigenvalue weighted by molar-refractivity contribution is 5.96. The Labute approximate surface area is 135 Å². The van der Waals surface area contributed by atoms with Crippen LogP contribution in [0, 0.1) is 11.8 Å². The van der Waals surface area contributed by atoms with E-state index in [1.807, 2.05) is 6.92 Å². The summed E-state index contributed by atoms with van der Waals surface area (Å²) in [6.45, 7) is 8.36. The number of amides is 1. The highest BCUT2D eigenvalue weighted by Crippen LogP contribution is 2.23. The van der Waals surface area contributed by atoms with Crippen LogP contribution in [0.1, 0.15) is 27.2 Å². The number of anilines is 1. The van der Waals surface area contributed by atoms with E-state index in [1.165, 1.54) is 6.42 Å². The Morgan fingerprint density at radius 3 is 2.57 bits per heavy atom.